The maximum Gasteiger partial charge on any atom is 0.107 e. The Hall–Kier alpha value is -1.42. The third kappa shape index (κ3) is 2.81. The summed E-state index contributed by atoms with van der Waals surface area (Å²) in [6, 6.07) is 8.41. The minimum atomic E-state index is -1.16. The van der Waals surface area contributed by atoms with Crippen molar-refractivity contribution in [1.29, 1.82) is 0 Å². The van der Waals surface area contributed by atoms with Crippen molar-refractivity contribution in [2.75, 3.05) is 0 Å². The summed E-state index contributed by atoms with van der Waals surface area (Å²) >= 11 is 5.01. The highest BCUT2D eigenvalue weighted by Crippen LogP contribution is 1.99. The molecule has 0 aromatic heterocycles. The van der Waals surface area contributed by atoms with Gasteiger partial charge >= 0.3 is 0 Å². The minimum absolute atomic E-state index is 0.419. The summed E-state index contributed by atoms with van der Waals surface area (Å²) in [4.78, 5) is 10.9. The number of carboxylic acids is 1. The van der Waals surface area contributed by atoms with Gasteiger partial charge < -0.3 is 15.2 Å². The first-order valence-electron chi connectivity index (χ1n) is 4.18. The number of nitrogens with one attached hydrogen (secondary N) is 1. The molecule has 0 bridgehead atoms. The lowest BCUT2D eigenvalue weighted by Crippen LogP contribution is -2.45. The fourth-order valence-electron chi connectivity index (χ4n) is 0.928. The molecule has 1 N–H and O–H groups in total. The summed E-state index contributed by atoms with van der Waals surface area (Å²) in [5.41, 5.74) is 0.801. The van der Waals surface area contributed by atoms with E-state index < -0.39 is 12.0 Å². The number of aliphatic carboxylic acids is 1. The number of hydrogen-bond donors (Lipinski definition) is 1. The maximum atomic E-state index is 10.4. The molecule has 0 saturated heterocycles. The van der Waals surface area contributed by atoms with Crippen LogP contribution in [0.2, 0.25) is 0 Å². The lowest BCUT2D eigenvalue weighted by molar-refractivity contribution is -0.307. The van der Waals surface area contributed by atoms with Gasteiger partial charge in [-0.1, -0.05) is 42.5 Å². The van der Waals surface area contributed by atoms with Crippen LogP contribution in [0, 0.1) is 0 Å². The van der Waals surface area contributed by atoms with E-state index in [0.29, 0.717) is 4.99 Å². The number of hydrogen-bond acceptors (Lipinski definition) is 3. The average Bonchev–Trinajstić information content (AvgIpc) is 2.19. The molecule has 0 heterocycles. The van der Waals surface area contributed by atoms with E-state index in [1.165, 1.54) is 6.92 Å². The van der Waals surface area contributed by atoms with Gasteiger partial charge in [0.05, 0.1) is 12.0 Å². The molecule has 0 spiro atoms. The predicted molar refractivity (Wildman–Crippen MR) is 55.7 cm³/mol. The first kappa shape index (κ1) is 10.7. The molecule has 0 amide bonds. The van der Waals surface area contributed by atoms with Gasteiger partial charge in [-0.2, -0.15) is 0 Å². The molecule has 0 fully saturated rings. The number of carboxylic acid groups (broad SMARTS) is 1. The van der Waals surface area contributed by atoms with Crippen molar-refractivity contribution in [3.05, 3.63) is 35.9 Å². The van der Waals surface area contributed by atoms with Gasteiger partial charge in [0.25, 0.3) is 0 Å². The van der Waals surface area contributed by atoms with Crippen LogP contribution in [0.3, 0.4) is 0 Å². The quantitative estimate of drug-likeness (QED) is 0.715. The number of carbonyl (C=O) groups is 1. The number of carbonyl (C=O) groups excluding carboxylic acids is 1. The SMILES string of the molecule is C[C@@H](NC(=S)c1ccccc1)C(=O)[O-]. The minimum Gasteiger partial charge on any atom is -0.548 e. The van der Waals surface area contributed by atoms with E-state index in [0.717, 1.165) is 5.56 Å². The number of rotatable bonds is 3. The van der Waals surface area contributed by atoms with E-state index in [-0.39, 0.29) is 0 Å². The van der Waals surface area contributed by atoms with Gasteiger partial charge in [-0.25, -0.2) is 0 Å². The molecule has 14 heavy (non-hydrogen) atoms. The Bertz CT molecular complexity index is 337. The Morgan fingerprint density at radius 3 is 2.50 bits per heavy atom. The second-order valence-corrected chi connectivity index (χ2v) is 3.29. The smallest absolute Gasteiger partial charge is 0.107 e. The van der Waals surface area contributed by atoms with Crippen molar-refractivity contribution in [3.63, 3.8) is 0 Å². The van der Waals surface area contributed by atoms with Crippen LogP contribution in [-0.4, -0.2) is 17.0 Å². The lowest BCUT2D eigenvalue weighted by atomic mass is 10.2. The van der Waals surface area contributed by atoms with Gasteiger partial charge in [-0.15, -0.1) is 0 Å². The number of thiocarbonyl (C=S) groups is 1. The summed E-state index contributed by atoms with van der Waals surface area (Å²) in [6.07, 6.45) is 0. The van der Waals surface area contributed by atoms with E-state index in [1.807, 2.05) is 30.3 Å². The van der Waals surface area contributed by atoms with Gasteiger partial charge in [0.2, 0.25) is 0 Å². The predicted octanol–water partition coefficient (Wildman–Crippen LogP) is 0.0901. The first-order valence-corrected chi connectivity index (χ1v) is 4.59. The highest BCUT2D eigenvalue weighted by atomic mass is 32.1. The van der Waals surface area contributed by atoms with E-state index in [4.69, 9.17) is 12.2 Å². The van der Waals surface area contributed by atoms with Crippen LogP contribution in [0.25, 0.3) is 0 Å². The molecule has 1 aromatic rings. The van der Waals surface area contributed by atoms with Crippen molar-refractivity contribution >= 4 is 23.2 Å². The van der Waals surface area contributed by atoms with Crippen LogP contribution in [0.1, 0.15) is 12.5 Å². The molecule has 0 unspecified atom stereocenters. The third-order valence-corrected chi connectivity index (χ3v) is 2.09. The molecule has 1 atom stereocenters. The summed E-state index contributed by atoms with van der Waals surface area (Å²) in [5.74, 6) is -1.16. The van der Waals surface area contributed by atoms with Gasteiger partial charge in [-0.3, -0.25) is 0 Å². The molecule has 1 rings (SSSR count). The molecule has 0 aliphatic carbocycles. The van der Waals surface area contributed by atoms with Crippen molar-refractivity contribution in [2.24, 2.45) is 0 Å². The summed E-state index contributed by atoms with van der Waals surface area (Å²) in [7, 11) is 0. The molecule has 0 aliphatic heterocycles. The number of benzene rings is 1. The van der Waals surface area contributed by atoms with Crippen LogP contribution < -0.4 is 10.4 Å². The largest absolute Gasteiger partial charge is 0.548 e. The highest BCUT2D eigenvalue weighted by Gasteiger charge is 2.05. The molecular weight excluding hydrogens is 198 g/mol. The van der Waals surface area contributed by atoms with E-state index in [9.17, 15) is 9.90 Å². The standard InChI is InChI=1S/C10H11NO2S/c1-7(10(12)13)11-9(14)8-5-3-2-4-6-8/h2-7H,1H3,(H,11,14)(H,12,13)/p-1/t7-/m1/s1. The zero-order valence-electron chi connectivity index (χ0n) is 7.69. The summed E-state index contributed by atoms with van der Waals surface area (Å²) in [6.45, 7) is 1.49. The Labute approximate surface area is 87.8 Å². The first-order chi connectivity index (χ1) is 6.61. The van der Waals surface area contributed by atoms with Crippen molar-refractivity contribution in [2.45, 2.75) is 13.0 Å². The van der Waals surface area contributed by atoms with Crippen molar-refractivity contribution in [1.82, 2.24) is 5.32 Å². The van der Waals surface area contributed by atoms with Crippen LogP contribution in [0.15, 0.2) is 30.3 Å². The fraction of sp³-hybridized carbons (Fsp3) is 0.200. The average molecular weight is 208 g/mol. The van der Waals surface area contributed by atoms with E-state index in [2.05, 4.69) is 5.32 Å². The molecule has 0 radical (unpaired) electrons. The maximum absolute atomic E-state index is 10.4. The molecule has 1 aromatic carbocycles. The zero-order valence-corrected chi connectivity index (χ0v) is 8.51. The normalized spacial score (nSPS) is 11.8. The van der Waals surface area contributed by atoms with E-state index in [1.54, 1.807) is 0 Å². The van der Waals surface area contributed by atoms with Gasteiger partial charge in [-0.05, 0) is 6.92 Å². The van der Waals surface area contributed by atoms with Crippen LogP contribution >= 0.6 is 12.2 Å². The molecular formula is C10H10NO2S-. The Morgan fingerprint density at radius 1 is 1.43 bits per heavy atom. The van der Waals surface area contributed by atoms with Crippen LogP contribution in [0.4, 0.5) is 0 Å². The molecule has 74 valence electrons. The summed E-state index contributed by atoms with van der Waals surface area (Å²) < 4.78 is 0. The monoisotopic (exact) mass is 208 g/mol. The van der Waals surface area contributed by atoms with Gasteiger partial charge in [0.15, 0.2) is 0 Å². The van der Waals surface area contributed by atoms with Gasteiger partial charge in [0, 0.05) is 5.56 Å². The van der Waals surface area contributed by atoms with Crippen LogP contribution in [-0.2, 0) is 4.79 Å². The topological polar surface area (TPSA) is 52.2 Å². The van der Waals surface area contributed by atoms with E-state index >= 15 is 0 Å². The second-order valence-electron chi connectivity index (χ2n) is 2.88. The van der Waals surface area contributed by atoms with Gasteiger partial charge in [0.1, 0.15) is 4.99 Å². The Balaban J connectivity index is 2.64. The molecule has 3 nitrogen and oxygen atoms in total. The Kier molecular flexibility index (Phi) is 3.59. The summed E-state index contributed by atoms with van der Waals surface area (Å²) in [5, 5.41) is 13.1. The fourth-order valence-corrected chi connectivity index (χ4v) is 1.24. The highest BCUT2D eigenvalue weighted by molar-refractivity contribution is 7.80. The zero-order chi connectivity index (χ0) is 10.6. The van der Waals surface area contributed by atoms with Crippen LogP contribution in [0.5, 0.6) is 0 Å². The van der Waals surface area contributed by atoms with Crippen molar-refractivity contribution in [3.8, 4) is 0 Å². The Morgan fingerprint density at radius 2 is 2.00 bits per heavy atom. The van der Waals surface area contributed by atoms with Crippen molar-refractivity contribution < 1.29 is 9.90 Å². The lowest BCUT2D eigenvalue weighted by Gasteiger charge is -2.16. The second kappa shape index (κ2) is 4.72. The molecule has 0 aliphatic rings. The molecule has 0 saturated carbocycles. The third-order valence-electron chi connectivity index (χ3n) is 1.74. The molecule has 4 heteroatoms.